The monoisotopic (exact) mass is 435 g/mol. The fourth-order valence-electron chi connectivity index (χ4n) is 3.88. The van der Waals surface area contributed by atoms with E-state index in [9.17, 15) is 4.79 Å². The maximum absolute atomic E-state index is 12.1. The van der Waals surface area contributed by atoms with Crippen molar-refractivity contribution in [1.82, 2.24) is 15.5 Å². The second-order valence-corrected chi connectivity index (χ2v) is 8.15. The minimum atomic E-state index is -0.499. The van der Waals surface area contributed by atoms with Crippen LogP contribution in [0, 0.1) is 13.8 Å². The van der Waals surface area contributed by atoms with Crippen LogP contribution in [0.1, 0.15) is 54.6 Å². The Morgan fingerprint density at radius 1 is 1.06 bits per heavy atom. The van der Waals surface area contributed by atoms with Crippen LogP contribution < -0.4 is 10.1 Å². The van der Waals surface area contributed by atoms with Gasteiger partial charge in [-0.05, 0) is 57.2 Å². The van der Waals surface area contributed by atoms with E-state index in [0.717, 1.165) is 29.8 Å². The highest BCUT2D eigenvalue weighted by Crippen LogP contribution is 2.30. The normalized spacial score (nSPS) is 14.2. The third-order valence-electron chi connectivity index (χ3n) is 5.73. The average molecular weight is 436 g/mol. The molecule has 1 aliphatic carbocycles. The van der Waals surface area contributed by atoms with Gasteiger partial charge in [0.15, 0.2) is 5.76 Å². The first kappa shape index (κ1) is 21.9. The van der Waals surface area contributed by atoms with Crippen LogP contribution in [0.15, 0.2) is 47.0 Å². The van der Waals surface area contributed by atoms with E-state index in [4.69, 9.17) is 14.0 Å². The molecule has 0 atom stereocenters. The van der Waals surface area contributed by atoms with Crippen molar-refractivity contribution in [3.05, 3.63) is 65.0 Å². The predicted molar refractivity (Wildman–Crippen MR) is 120 cm³/mol. The lowest BCUT2D eigenvalue weighted by Crippen LogP contribution is -2.23. The molecule has 3 aromatic rings. The van der Waals surface area contributed by atoms with E-state index in [1.54, 1.807) is 0 Å². The lowest BCUT2D eigenvalue weighted by atomic mass is 9.98. The molecule has 0 unspecified atom stereocenters. The minimum absolute atomic E-state index is 0.0480. The fraction of sp³-hybridized carbons (Fsp3) is 0.400. The smallest absolute Gasteiger partial charge is 0.407 e. The van der Waals surface area contributed by atoms with Gasteiger partial charge in [-0.2, -0.15) is 0 Å². The molecule has 0 spiro atoms. The van der Waals surface area contributed by atoms with E-state index in [0.29, 0.717) is 29.3 Å². The van der Waals surface area contributed by atoms with Crippen LogP contribution in [0.4, 0.5) is 4.79 Å². The standard InChI is InChI=1S/C25H29N3O4/c1-17-21(16-30-25(29)26-15-19-9-5-3-6-10-19)24(32-28-17)22-13-14-23(18(2)27-22)31-20-11-7-4-8-12-20/h3,5-6,9-10,13-14,20H,4,7-8,11-12,15-16H2,1-2H3,(H,26,29). The number of rotatable bonds is 7. The van der Waals surface area contributed by atoms with Crippen molar-refractivity contribution in [2.45, 2.75) is 65.2 Å². The SMILES string of the molecule is Cc1nc(-c2onc(C)c2COC(=O)NCc2ccccc2)ccc1OC1CCCCC1. The zero-order chi connectivity index (χ0) is 22.3. The number of amides is 1. The van der Waals surface area contributed by atoms with Gasteiger partial charge in [0.05, 0.1) is 23.1 Å². The number of aryl methyl sites for hydroxylation is 2. The Labute approximate surface area is 188 Å². The zero-order valence-electron chi connectivity index (χ0n) is 18.6. The summed E-state index contributed by atoms with van der Waals surface area (Å²) < 4.78 is 17.1. The van der Waals surface area contributed by atoms with Crippen molar-refractivity contribution in [1.29, 1.82) is 0 Å². The number of ether oxygens (including phenoxy) is 2. The van der Waals surface area contributed by atoms with Gasteiger partial charge in [0, 0.05) is 6.54 Å². The second kappa shape index (κ2) is 10.3. The third-order valence-corrected chi connectivity index (χ3v) is 5.73. The quantitative estimate of drug-likeness (QED) is 0.528. The van der Waals surface area contributed by atoms with Gasteiger partial charge < -0.3 is 19.3 Å². The van der Waals surface area contributed by atoms with Gasteiger partial charge >= 0.3 is 6.09 Å². The molecule has 4 rings (SSSR count). The number of pyridine rings is 1. The number of carbonyl (C=O) groups excluding carboxylic acids is 1. The molecule has 1 saturated carbocycles. The predicted octanol–water partition coefficient (Wildman–Crippen LogP) is 5.49. The van der Waals surface area contributed by atoms with Crippen LogP contribution >= 0.6 is 0 Å². The van der Waals surface area contributed by atoms with Crippen molar-refractivity contribution < 1.29 is 18.8 Å². The number of nitrogens with one attached hydrogen (secondary N) is 1. The number of benzene rings is 1. The second-order valence-electron chi connectivity index (χ2n) is 8.15. The number of carbonyl (C=O) groups is 1. The van der Waals surface area contributed by atoms with Gasteiger partial charge in [-0.25, -0.2) is 9.78 Å². The van der Waals surface area contributed by atoms with Gasteiger partial charge in [0.25, 0.3) is 0 Å². The lowest BCUT2D eigenvalue weighted by molar-refractivity contribution is 0.139. The first-order chi connectivity index (χ1) is 15.6. The summed E-state index contributed by atoms with van der Waals surface area (Å²) in [6, 6.07) is 13.5. The van der Waals surface area contributed by atoms with E-state index in [2.05, 4.69) is 15.5 Å². The van der Waals surface area contributed by atoms with Gasteiger partial charge in [-0.15, -0.1) is 0 Å². The lowest BCUT2D eigenvalue weighted by Gasteiger charge is -2.23. The zero-order valence-corrected chi connectivity index (χ0v) is 18.6. The average Bonchev–Trinajstić information content (AvgIpc) is 3.19. The molecule has 1 fully saturated rings. The molecule has 168 valence electrons. The molecule has 32 heavy (non-hydrogen) atoms. The van der Waals surface area contributed by atoms with Gasteiger partial charge in [0.1, 0.15) is 18.1 Å². The summed E-state index contributed by atoms with van der Waals surface area (Å²) in [7, 11) is 0. The van der Waals surface area contributed by atoms with Crippen LogP contribution in [0.5, 0.6) is 5.75 Å². The Bertz CT molecular complexity index is 1040. The summed E-state index contributed by atoms with van der Waals surface area (Å²) in [4.78, 5) is 16.8. The number of hydrogen-bond donors (Lipinski definition) is 1. The van der Waals surface area contributed by atoms with Crippen molar-refractivity contribution in [2.24, 2.45) is 0 Å². The van der Waals surface area contributed by atoms with E-state index in [1.807, 2.05) is 56.3 Å². The molecule has 7 heteroatoms. The Balaban J connectivity index is 1.39. The minimum Gasteiger partial charge on any atom is -0.489 e. The molecule has 1 aromatic carbocycles. The molecule has 7 nitrogen and oxygen atoms in total. The highest BCUT2D eigenvalue weighted by atomic mass is 16.5. The molecule has 1 aliphatic rings. The van der Waals surface area contributed by atoms with Gasteiger partial charge in [-0.1, -0.05) is 41.9 Å². The summed E-state index contributed by atoms with van der Waals surface area (Å²) in [5, 5.41) is 6.80. The summed E-state index contributed by atoms with van der Waals surface area (Å²) in [5.74, 6) is 1.31. The van der Waals surface area contributed by atoms with Gasteiger partial charge in [0.2, 0.25) is 0 Å². The summed E-state index contributed by atoms with van der Waals surface area (Å²) in [6.07, 6.45) is 5.67. The topological polar surface area (TPSA) is 86.5 Å². The summed E-state index contributed by atoms with van der Waals surface area (Å²) >= 11 is 0. The molecule has 0 aliphatic heterocycles. The molecule has 0 radical (unpaired) electrons. The van der Waals surface area contributed by atoms with Gasteiger partial charge in [-0.3, -0.25) is 0 Å². The van der Waals surface area contributed by atoms with Crippen LogP contribution in [-0.4, -0.2) is 22.3 Å². The molecule has 0 bridgehead atoms. The number of alkyl carbamates (subject to hydrolysis) is 1. The Kier molecular flexibility index (Phi) is 7.04. The summed E-state index contributed by atoms with van der Waals surface area (Å²) in [6.45, 7) is 4.20. The Hall–Kier alpha value is -3.35. The summed E-state index contributed by atoms with van der Waals surface area (Å²) in [5.41, 5.74) is 3.81. The highest BCUT2D eigenvalue weighted by molar-refractivity contribution is 5.67. The van der Waals surface area contributed by atoms with Crippen LogP contribution in [0.25, 0.3) is 11.5 Å². The van der Waals surface area contributed by atoms with Crippen molar-refractivity contribution in [3.63, 3.8) is 0 Å². The molecule has 2 aromatic heterocycles. The molecule has 0 saturated heterocycles. The first-order valence-corrected chi connectivity index (χ1v) is 11.1. The highest BCUT2D eigenvalue weighted by Gasteiger charge is 2.20. The Morgan fingerprint density at radius 2 is 1.84 bits per heavy atom. The van der Waals surface area contributed by atoms with Crippen molar-refractivity contribution >= 4 is 6.09 Å². The number of aromatic nitrogens is 2. The Morgan fingerprint density at radius 3 is 2.59 bits per heavy atom. The van der Waals surface area contributed by atoms with E-state index in [-0.39, 0.29) is 12.7 Å². The third kappa shape index (κ3) is 5.46. The van der Waals surface area contributed by atoms with Crippen LogP contribution in [-0.2, 0) is 17.9 Å². The molecule has 1 N–H and O–H groups in total. The number of nitrogens with zero attached hydrogens (tertiary/aromatic N) is 2. The molecular formula is C25H29N3O4. The molecule has 1 amide bonds. The first-order valence-electron chi connectivity index (χ1n) is 11.1. The maximum atomic E-state index is 12.1. The van der Waals surface area contributed by atoms with E-state index >= 15 is 0 Å². The van der Waals surface area contributed by atoms with Crippen LogP contribution in [0.3, 0.4) is 0 Å². The molecular weight excluding hydrogens is 406 g/mol. The van der Waals surface area contributed by atoms with E-state index < -0.39 is 6.09 Å². The largest absolute Gasteiger partial charge is 0.489 e. The van der Waals surface area contributed by atoms with Crippen molar-refractivity contribution in [2.75, 3.05) is 0 Å². The van der Waals surface area contributed by atoms with Crippen molar-refractivity contribution in [3.8, 4) is 17.2 Å². The maximum Gasteiger partial charge on any atom is 0.407 e. The molecule has 2 heterocycles. The van der Waals surface area contributed by atoms with E-state index in [1.165, 1.54) is 19.3 Å². The fourth-order valence-corrected chi connectivity index (χ4v) is 3.88. The number of hydrogen-bond acceptors (Lipinski definition) is 6. The van der Waals surface area contributed by atoms with Crippen LogP contribution in [0.2, 0.25) is 0 Å².